The van der Waals surface area contributed by atoms with Crippen molar-refractivity contribution < 1.29 is 0 Å². The molecule has 3 heteroatoms. The van der Waals surface area contributed by atoms with Gasteiger partial charge in [0.1, 0.15) is 0 Å². The SMILES string of the molecule is CC(C)n1nc(C(C)(C)c2ccccc2)c2c1CCNC2. The van der Waals surface area contributed by atoms with Gasteiger partial charge < -0.3 is 5.32 Å². The summed E-state index contributed by atoms with van der Waals surface area (Å²) in [6.07, 6.45) is 1.07. The predicted octanol–water partition coefficient (Wildman–Crippen LogP) is 3.44. The standard InChI is InChI=1S/C18H25N3/c1-13(2)21-16-10-11-19-12-15(16)17(20-21)18(3,4)14-8-6-5-7-9-14/h5-9,13,19H,10-12H2,1-4H3. The van der Waals surface area contributed by atoms with Crippen LogP contribution in [-0.2, 0) is 18.4 Å². The van der Waals surface area contributed by atoms with E-state index in [1.54, 1.807) is 0 Å². The molecule has 1 aromatic heterocycles. The Bertz CT molecular complexity index is 623. The first kappa shape index (κ1) is 14.3. The van der Waals surface area contributed by atoms with Gasteiger partial charge in [0.2, 0.25) is 0 Å². The molecule has 0 spiro atoms. The van der Waals surface area contributed by atoms with E-state index in [1.807, 2.05) is 0 Å². The van der Waals surface area contributed by atoms with Crippen molar-refractivity contribution in [2.24, 2.45) is 0 Å². The molecule has 3 rings (SSSR count). The lowest BCUT2D eigenvalue weighted by atomic mass is 9.79. The largest absolute Gasteiger partial charge is 0.312 e. The Labute approximate surface area is 127 Å². The van der Waals surface area contributed by atoms with E-state index in [0.29, 0.717) is 6.04 Å². The second kappa shape index (κ2) is 5.30. The van der Waals surface area contributed by atoms with Crippen LogP contribution in [-0.4, -0.2) is 16.3 Å². The summed E-state index contributed by atoms with van der Waals surface area (Å²) in [6, 6.07) is 11.1. The van der Waals surface area contributed by atoms with E-state index in [-0.39, 0.29) is 5.41 Å². The fourth-order valence-electron chi connectivity index (χ4n) is 3.30. The highest BCUT2D eigenvalue weighted by Crippen LogP contribution is 2.35. The van der Waals surface area contributed by atoms with Gasteiger partial charge in [-0.3, -0.25) is 4.68 Å². The van der Waals surface area contributed by atoms with E-state index < -0.39 is 0 Å². The lowest BCUT2D eigenvalue weighted by Crippen LogP contribution is -2.28. The molecule has 0 saturated carbocycles. The average molecular weight is 283 g/mol. The molecule has 3 nitrogen and oxygen atoms in total. The smallest absolute Gasteiger partial charge is 0.0772 e. The molecule has 2 aromatic rings. The van der Waals surface area contributed by atoms with Gasteiger partial charge in [0.15, 0.2) is 0 Å². The molecule has 1 aliphatic rings. The van der Waals surface area contributed by atoms with Gasteiger partial charge in [-0.15, -0.1) is 0 Å². The first-order chi connectivity index (χ1) is 10.0. The van der Waals surface area contributed by atoms with Crippen molar-refractivity contribution in [3.63, 3.8) is 0 Å². The third-order valence-electron chi connectivity index (χ3n) is 4.54. The van der Waals surface area contributed by atoms with Crippen LogP contribution >= 0.6 is 0 Å². The number of hydrogen-bond donors (Lipinski definition) is 1. The minimum absolute atomic E-state index is 0.0650. The van der Waals surface area contributed by atoms with Crippen LogP contribution in [0.5, 0.6) is 0 Å². The van der Waals surface area contributed by atoms with Gasteiger partial charge in [-0.1, -0.05) is 44.2 Å². The topological polar surface area (TPSA) is 29.9 Å². The van der Waals surface area contributed by atoms with Crippen LogP contribution in [0.4, 0.5) is 0 Å². The second-order valence-electron chi connectivity index (χ2n) is 6.73. The van der Waals surface area contributed by atoms with Gasteiger partial charge in [0.25, 0.3) is 0 Å². The summed E-state index contributed by atoms with van der Waals surface area (Å²) in [7, 11) is 0. The molecule has 0 aliphatic carbocycles. The number of rotatable bonds is 3. The Balaban J connectivity index is 2.14. The third-order valence-corrected chi connectivity index (χ3v) is 4.54. The quantitative estimate of drug-likeness (QED) is 0.935. The molecular weight excluding hydrogens is 258 g/mol. The van der Waals surface area contributed by atoms with Crippen molar-refractivity contribution in [3.05, 3.63) is 52.8 Å². The first-order valence-corrected chi connectivity index (χ1v) is 7.89. The summed E-state index contributed by atoms with van der Waals surface area (Å²) >= 11 is 0. The number of fused-ring (bicyclic) bond motifs is 1. The molecular formula is C18H25N3. The van der Waals surface area contributed by atoms with Gasteiger partial charge >= 0.3 is 0 Å². The molecule has 112 valence electrons. The molecule has 0 saturated heterocycles. The van der Waals surface area contributed by atoms with Crippen molar-refractivity contribution in [3.8, 4) is 0 Å². The second-order valence-corrected chi connectivity index (χ2v) is 6.73. The van der Waals surface area contributed by atoms with Crippen LogP contribution in [0.1, 0.15) is 56.3 Å². The molecule has 0 unspecified atom stereocenters. The van der Waals surface area contributed by atoms with E-state index in [2.05, 4.69) is 68.0 Å². The number of aromatic nitrogens is 2. The highest BCUT2D eigenvalue weighted by molar-refractivity contribution is 5.41. The van der Waals surface area contributed by atoms with Crippen LogP contribution in [0.3, 0.4) is 0 Å². The Kier molecular flexibility index (Phi) is 3.62. The molecule has 21 heavy (non-hydrogen) atoms. The number of benzene rings is 1. The molecule has 1 aliphatic heterocycles. The zero-order valence-corrected chi connectivity index (χ0v) is 13.5. The van der Waals surface area contributed by atoms with Crippen LogP contribution < -0.4 is 5.32 Å². The summed E-state index contributed by atoms with van der Waals surface area (Å²) in [4.78, 5) is 0. The van der Waals surface area contributed by atoms with E-state index in [1.165, 1.54) is 22.5 Å². The maximum atomic E-state index is 5.02. The monoisotopic (exact) mass is 283 g/mol. The minimum atomic E-state index is -0.0650. The summed E-state index contributed by atoms with van der Waals surface area (Å²) in [5.41, 5.74) is 5.31. The van der Waals surface area contributed by atoms with Crippen LogP contribution in [0, 0.1) is 0 Å². The van der Waals surface area contributed by atoms with Crippen molar-refractivity contribution in [1.82, 2.24) is 15.1 Å². The maximum absolute atomic E-state index is 5.02. The van der Waals surface area contributed by atoms with Gasteiger partial charge in [-0.05, 0) is 19.4 Å². The van der Waals surface area contributed by atoms with E-state index in [9.17, 15) is 0 Å². The fourth-order valence-corrected chi connectivity index (χ4v) is 3.30. The minimum Gasteiger partial charge on any atom is -0.312 e. The Morgan fingerprint density at radius 1 is 1.19 bits per heavy atom. The molecule has 0 amide bonds. The number of nitrogens with one attached hydrogen (secondary N) is 1. The zero-order chi connectivity index (χ0) is 15.0. The Hall–Kier alpha value is -1.61. The maximum Gasteiger partial charge on any atom is 0.0772 e. The molecule has 1 aromatic carbocycles. The normalized spacial score (nSPS) is 15.3. The van der Waals surface area contributed by atoms with Crippen molar-refractivity contribution in [2.45, 2.75) is 52.1 Å². The van der Waals surface area contributed by atoms with Gasteiger partial charge in [-0.2, -0.15) is 5.10 Å². The highest BCUT2D eigenvalue weighted by Gasteiger charge is 2.32. The Morgan fingerprint density at radius 3 is 2.57 bits per heavy atom. The van der Waals surface area contributed by atoms with Crippen LogP contribution in [0.25, 0.3) is 0 Å². The molecule has 0 bridgehead atoms. The van der Waals surface area contributed by atoms with Gasteiger partial charge in [0.05, 0.1) is 5.69 Å². The molecule has 0 atom stereocenters. The molecule has 0 fully saturated rings. The van der Waals surface area contributed by atoms with Crippen LogP contribution in [0.2, 0.25) is 0 Å². The lowest BCUT2D eigenvalue weighted by Gasteiger charge is -2.26. The average Bonchev–Trinajstić information content (AvgIpc) is 2.88. The highest BCUT2D eigenvalue weighted by atomic mass is 15.3. The lowest BCUT2D eigenvalue weighted by molar-refractivity contribution is 0.484. The summed E-state index contributed by atoms with van der Waals surface area (Å²) in [5.74, 6) is 0. The fraction of sp³-hybridized carbons (Fsp3) is 0.500. The molecule has 2 heterocycles. The van der Waals surface area contributed by atoms with E-state index >= 15 is 0 Å². The molecule has 0 radical (unpaired) electrons. The van der Waals surface area contributed by atoms with Crippen molar-refractivity contribution in [2.75, 3.05) is 6.54 Å². The van der Waals surface area contributed by atoms with Crippen LogP contribution in [0.15, 0.2) is 30.3 Å². The zero-order valence-electron chi connectivity index (χ0n) is 13.5. The van der Waals surface area contributed by atoms with Crippen molar-refractivity contribution >= 4 is 0 Å². The van der Waals surface area contributed by atoms with Gasteiger partial charge in [-0.25, -0.2) is 0 Å². The summed E-state index contributed by atoms with van der Waals surface area (Å²) < 4.78 is 2.23. The van der Waals surface area contributed by atoms with Crippen molar-refractivity contribution in [1.29, 1.82) is 0 Å². The predicted molar refractivity (Wildman–Crippen MR) is 86.6 cm³/mol. The first-order valence-electron chi connectivity index (χ1n) is 7.89. The summed E-state index contributed by atoms with van der Waals surface area (Å²) in [5, 5.41) is 8.52. The summed E-state index contributed by atoms with van der Waals surface area (Å²) in [6.45, 7) is 11.0. The Morgan fingerprint density at radius 2 is 1.90 bits per heavy atom. The number of hydrogen-bond acceptors (Lipinski definition) is 2. The molecule has 1 N–H and O–H groups in total. The van der Waals surface area contributed by atoms with E-state index in [4.69, 9.17) is 5.10 Å². The van der Waals surface area contributed by atoms with E-state index in [0.717, 1.165) is 19.5 Å². The number of nitrogens with zero attached hydrogens (tertiary/aromatic N) is 2. The third kappa shape index (κ3) is 2.40. The van der Waals surface area contributed by atoms with Gasteiger partial charge in [0, 0.05) is 42.2 Å².